The Hall–Kier alpha value is -4.35. The third-order valence-corrected chi connectivity index (χ3v) is 8.14. The molecule has 4 rings (SSSR count). The number of halogens is 1. The predicted octanol–water partition coefficient (Wildman–Crippen LogP) is 4.74. The van der Waals surface area contributed by atoms with Gasteiger partial charge in [0, 0.05) is 22.4 Å². The number of sulfonamides is 1. The molecule has 0 aliphatic carbocycles. The molecule has 1 amide bonds. The van der Waals surface area contributed by atoms with Crippen LogP contribution in [-0.2, 0) is 26.0 Å². The van der Waals surface area contributed by atoms with Gasteiger partial charge in [0.1, 0.15) is 5.54 Å². The predicted molar refractivity (Wildman–Crippen MR) is 160 cm³/mol. The Bertz CT molecular complexity index is 1780. The average Bonchev–Trinajstić information content (AvgIpc) is 3.20. The smallest absolute Gasteiger partial charge is 0.303 e. The number of aliphatic imine (C=N–C) groups is 1. The van der Waals surface area contributed by atoms with Gasteiger partial charge in [-0.15, -0.1) is 0 Å². The SMILES string of the molecule is CC(C)(C(N)=O)N(c1ccc(N=C(c2cccc(CCC(=O)O)c2)c2c(O)[nH]c3cc(Cl)ccc23)cc1)S(C)(=O)=O. The van der Waals surface area contributed by atoms with Crippen LogP contribution in [0.3, 0.4) is 0 Å². The van der Waals surface area contributed by atoms with Crippen molar-refractivity contribution in [1.82, 2.24) is 4.98 Å². The Morgan fingerprint density at radius 2 is 1.76 bits per heavy atom. The van der Waals surface area contributed by atoms with Crippen molar-refractivity contribution in [2.75, 3.05) is 10.6 Å². The highest BCUT2D eigenvalue weighted by molar-refractivity contribution is 7.92. The summed E-state index contributed by atoms with van der Waals surface area (Å²) in [5, 5.41) is 21.2. The quantitative estimate of drug-likeness (QED) is 0.193. The van der Waals surface area contributed by atoms with Crippen LogP contribution in [0.5, 0.6) is 5.88 Å². The lowest BCUT2D eigenvalue weighted by molar-refractivity contribution is -0.137. The normalized spacial score (nSPS) is 12.4. The molecule has 0 saturated heterocycles. The minimum Gasteiger partial charge on any atom is -0.494 e. The minimum absolute atomic E-state index is 0.0489. The number of nitrogens with one attached hydrogen (secondary N) is 1. The number of aromatic nitrogens is 1. The van der Waals surface area contributed by atoms with E-state index in [4.69, 9.17) is 27.4 Å². The van der Waals surface area contributed by atoms with Crippen LogP contribution in [0.4, 0.5) is 11.4 Å². The number of hydrogen-bond acceptors (Lipinski definition) is 6. The number of benzene rings is 3. The topological polar surface area (TPSA) is 166 Å². The maximum atomic E-state index is 12.6. The first-order valence-corrected chi connectivity index (χ1v) is 14.7. The summed E-state index contributed by atoms with van der Waals surface area (Å²) in [6.45, 7) is 2.84. The number of nitrogens with zero attached hydrogens (tertiary/aromatic N) is 2. The van der Waals surface area contributed by atoms with Crippen molar-refractivity contribution >= 4 is 61.5 Å². The van der Waals surface area contributed by atoms with Gasteiger partial charge in [-0.1, -0.05) is 35.9 Å². The molecule has 41 heavy (non-hydrogen) atoms. The van der Waals surface area contributed by atoms with E-state index in [2.05, 4.69) is 4.98 Å². The van der Waals surface area contributed by atoms with Gasteiger partial charge in [0.2, 0.25) is 15.9 Å². The van der Waals surface area contributed by atoms with Gasteiger partial charge in [0.05, 0.1) is 34.4 Å². The lowest BCUT2D eigenvalue weighted by Gasteiger charge is -2.35. The number of carbonyl (C=O) groups excluding carboxylic acids is 1. The van der Waals surface area contributed by atoms with Crippen LogP contribution in [0.15, 0.2) is 71.7 Å². The Morgan fingerprint density at radius 3 is 2.37 bits per heavy atom. The fourth-order valence-electron chi connectivity index (χ4n) is 4.61. The summed E-state index contributed by atoms with van der Waals surface area (Å²) in [5.41, 5.74) is 7.39. The van der Waals surface area contributed by atoms with Crippen LogP contribution < -0.4 is 10.0 Å². The zero-order valence-corrected chi connectivity index (χ0v) is 24.1. The third-order valence-electron chi connectivity index (χ3n) is 6.57. The highest BCUT2D eigenvalue weighted by Gasteiger charge is 2.39. The fraction of sp³-hybridized carbons (Fsp3) is 0.207. The highest BCUT2D eigenvalue weighted by atomic mass is 35.5. The molecule has 1 heterocycles. The molecule has 0 radical (unpaired) electrons. The Kier molecular flexibility index (Phi) is 8.14. The molecule has 0 aliphatic heterocycles. The summed E-state index contributed by atoms with van der Waals surface area (Å²) in [6.07, 6.45) is 1.25. The van der Waals surface area contributed by atoms with E-state index in [1.165, 1.54) is 26.0 Å². The van der Waals surface area contributed by atoms with E-state index >= 15 is 0 Å². The van der Waals surface area contributed by atoms with Crippen LogP contribution in [-0.4, -0.2) is 53.0 Å². The summed E-state index contributed by atoms with van der Waals surface area (Å²) >= 11 is 6.16. The second-order valence-electron chi connectivity index (χ2n) is 10.1. The molecule has 0 bridgehead atoms. The van der Waals surface area contributed by atoms with Gasteiger partial charge in [-0.3, -0.25) is 13.9 Å². The number of rotatable bonds is 10. The molecule has 4 aromatic rings. The van der Waals surface area contributed by atoms with E-state index in [1.54, 1.807) is 42.5 Å². The summed E-state index contributed by atoms with van der Waals surface area (Å²) in [4.78, 5) is 31.0. The van der Waals surface area contributed by atoms with Crippen LogP contribution in [0.25, 0.3) is 10.9 Å². The number of H-pyrrole nitrogens is 1. The zero-order chi connectivity index (χ0) is 30.1. The second kappa shape index (κ2) is 11.3. The standard InChI is InChI=1S/C29H29ClN4O6S/c1-29(2,28(31)38)34(41(3,39)40)21-11-9-20(10-12-21)32-26(18-6-4-5-17(15-18)7-14-24(35)36)25-22-13-8-19(30)16-23(22)33-27(25)37/h4-6,8-13,15-16,33,37H,7,14H2,1-3H3,(H2,31,38)(H,35,36). The van der Waals surface area contributed by atoms with E-state index in [0.29, 0.717) is 44.9 Å². The van der Waals surface area contributed by atoms with Gasteiger partial charge < -0.3 is 20.9 Å². The maximum Gasteiger partial charge on any atom is 0.303 e. The van der Waals surface area contributed by atoms with Crippen molar-refractivity contribution in [3.63, 3.8) is 0 Å². The number of fused-ring (bicyclic) bond motifs is 1. The molecule has 0 fully saturated rings. The number of amides is 1. The van der Waals surface area contributed by atoms with Gasteiger partial charge in [-0.2, -0.15) is 0 Å². The molecule has 0 spiro atoms. The summed E-state index contributed by atoms with van der Waals surface area (Å²) in [7, 11) is -3.88. The zero-order valence-electron chi connectivity index (χ0n) is 22.6. The third kappa shape index (κ3) is 6.36. The molecule has 10 nitrogen and oxygen atoms in total. The van der Waals surface area contributed by atoms with Crippen LogP contribution in [0.2, 0.25) is 5.02 Å². The lowest BCUT2D eigenvalue weighted by Crippen LogP contribution is -2.55. The van der Waals surface area contributed by atoms with Crippen molar-refractivity contribution in [3.05, 3.63) is 88.4 Å². The van der Waals surface area contributed by atoms with E-state index in [9.17, 15) is 23.1 Å². The Balaban J connectivity index is 1.88. The molecular formula is C29H29ClN4O6S. The van der Waals surface area contributed by atoms with E-state index < -0.39 is 27.4 Å². The molecule has 1 aromatic heterocycles. The molecule has 0 saturated carbocycles. The van der Waals surface area contributed by atoms with Crippen molar-refractivity contribution in [2.24, 2.45) is 10.7 Å². The summed E-state index contributed by atoms with van der Waals surface area (Å²) < 4.78 is 26.2. The first-order valence-electron chi connectivity index (χ1n) is 12.5. The van der Waals surface area contributed by atoms with Gasteiger partial charge in [0.15, 0.2) is 5.88 Å². The summed E-state index contributed by atoms with van der Waals surface area (Å²) in [5.74, 6) is -1.87. The highest BCUT2D eigenvalue weighted by Crippen LogP contribution is 2.34. The van der Waals surface area contributed by atoms with Gasteiger partial charge in [-0.25, -0.2) is 13.4 Å². The van der Waals surface area contributed by atoms with Crippen molar-refractivity contribution in [2.45, 2.75) is 32.2 Å². The number of carboxylic acids is 1. The molecule has 0 aliphatic rings. The molecule has 0 unspecified atom stereocenters. The van der Waals surface area contributed by atoms with Gasteiger partial charge in [0.25, 0.3) is 0 Å². The minimum atomic E-state index is -3.88. The van der Waals surface area contributed by atoms with E-state index in [0.717, 1.165) is 16.1 Å². The monoisotopic (exact) mass is 596 g/mol. The number of carboxylic acid groups (broad SMARTS) is 1. The lowest BCUT2D eigenvalue weighted by atomic mass is 9.97. The number of aromatic hydroxyl groups is 1. The fourth-order valence-corrected chi connectivity index (χ4v) is 6.20. The van der Waals surface area contributed by atoms with Gasteiger partial charge in [-0.05, 0) is 68.3 Å². The number of aryl methyl sites for hydroxylation is 1. The number of aliphatic carboxylic acids is 1. The largest absolute Gasteiger partial charge is 0.494 e. The number of primary amides is 1. The van der Waals surface area contributed by atoms with E-state index in [1.807, 2.05) is 12.1 Å². The average molecular weight is 597 g/mol. The van der Waals surface area contributed by atoms with Crippen molar-refractivity contribution < 1.29 is 28.2 Å². The van der Waals surface area contributed by atoms with E-state index in [-0.39, 0.29) is 18.0 Å². The Labute approximate surface area is 242 Å². The van der Waals surface area contributed by atoms with Crippen LogP contribution >= 0.6 is 11.6 Å². The number of aromatic amines is 1. The molecular weight excluding hydrogens is 568 g/mol. The summed E-state index contributed by atoms with van der Waals surface area (Å²) in [6, 6.07) is 18.5. The van der Waals surface area contributed by atoms with Crippen molar-refractivity contribution in [3.8, 4) is 5.88 Å². The van der Waals surface area contributed by atoms with Crippen LogP contribution in [0, 0.1) is 0 Å². The van der Waals surface area contributed by atoms with Gasteiger partial charge >= 0.3 is 5.97 Å². The molecule has 3 aromatic carbocycles. The van der Waals surface area contributed by atoms with Crippen LogP contribution in [0.1, 0.15) is 37.0 Å². The first-order chi connectivity index (χ1) is 19.2. The number of carbonyl (C=O) groups is 2. The molecule has 5 N–H and O–H groups in total. The second-order valence-corrected chi connectivity index (χ2v) is 12.3. The molecule has 0 atom stereocenters. The van der Waals surface area contributed by atoms with Crippen molar-refractivity contribution in [1.29, 1.82) is 0 Å². The number of nitrogens with two attached hydrogens (primary N) is 1. The first kappa shape index (κ1) is 29.6. The Morgan fingerprint density at radius 1 is 1.07 bits per heavy atom. The molecule has 214 valence electrons. The maximum absolute atomic E-state index is 12.6. The number of anilines is 1. The number of hydrogen-bond donors (Lipinski definition) is 4. The molecule has 12 heteroatoms.